The van der Waals surface area contributed by atoms with Gasteiger partial charge in [0.2, 0.25) is 0 Å². The highest BCUT2D eigenvalue weighted by molar-refractivity contribution is 4.78. The van der Waals surface area contributed by atoms with Crippen LogP contribution in [0.2, 0.25) is 0 Å². The van der Waals surface area contributed by atoms with Gasteiger partial charge in [-0.2, -0.15) is 0 Å². The van der Waals surface area contributed by atoms with E-state index in [1.54, 1.807) is 0 Å². The molecule has 16 heavy (non-hydrogen) atoms. The maximum absolute atomic E-state index is 3.30. The molecule has 1 saturated carbocycles. The molecule has 1 aliphatic rings. The first kappa shape index (κ1) is 14.0. The summed E-state index contributed by atoms with van der Waals surface area (Å²) in [5, 5.41) is 3.30. The number of unbranched alkanes of at least 4 members (excludes halogenated alkanes) is 1. The van der Waals surface area contributed by atoms with E-state index in [2.05, 4.69) is 38.0 Å². The predicted octanol–water partition coefficient (Wildman–Crippen LogP) is 2.89. The van der Waals surface area contributed by atoms with Crippen LogP contribution in [0.1, 0.15) is 52.9 Å². The summed E-state index contributed by atoms with van der Waals surface area (Å²) >= 11 is 0. The minimum absolute atomic E-state index is 0.677. The maximum Gasteiger partial charge on any atom is 0.00387 e. The lowest BCUT2D eigenvalue weighted by molar-refractivity contribution is 0.207. The fourth-order valence-corrected chi connectivity index (χ4v) is 2.10. The van der Waals surface area contributed by atoms with Crippen molar-refractivity contribution in [1.29, 1.82) is 0 Å². The average molecular weight is 226 g/mol. The Bertz CT molecular complexity index is 176. The van der Waals surface area contributed by atoms with Gasteiger partial charge in [-0.15, -0.1) is 0 Å². The Balaban J connectivity index is 2.07. The molecule has 0 aliphatic heterocycles. The molecule has 0 aromatic carbocycles. The van der Waals surface area contributed by atoms with Gasteiger partial charge in [-0.3, -0.25) is 0 Å². The van der Waals surface area contributed by atoms with E-state index in [-0.39, 0.29) is 0 Å². The van der Waals surface area contributed by atoms with Gasteiger partial charge in [0, 0.05) is 18.6 Å². The second-order valence-corrected chi connectivity index (χ2v) is 5.72. The van der Waals surface area contributed by atoms with Gasteiger partial charge in [0.15, 0.2) is 0 Å². The van der Waals surface area contributed by atoms with E-state index < -0.39 is 0 Å². The van der Waals surface area contributed by atoms with E-state index in [1.165, 1.54) is 45.2 Å². The number of hydrogen-bond acceptors (Lipinski definition) is 2. The first-order valence-corrected chi connectivity index (χ1v) is 7.04. The quantitative estimate of drug-likeness (QED) is 0.608. The molecule has 1 atom stereocenters. The highest BCUT2D eigenvalue weighted by Crippen LogP contribution is 2.30. The van der Waals surface area contributed by atoms with Crippen molar-refractivity contribution in [3.8, 4) is 0 Å². The molecular weight excluding hydrogens is 196 g/mol. The molecule has 1 rings (SSSR count). The smallest absolute Gasteiger partial charge is 0.00387 e. The Kier molecular flexibility index (Phi) is 6.37. The number of hydrogen-bond donors (Lipinski definition) is 1. The second kappa shape index (κ2) is 7.29. The Hall–Kier alpha value is -0.0800. The lowest BCUT2D eigenvalue weighted by atomic mass is 10.1. The monoisotopic (exact) mass is 226 g/mol. The summed E-state index contributed by atoms with van der Waals surface area (Å²) in [6.45, 7) is 9.57. The van der Waals surface area contributed by atoms with Crippen LogP contribution < -0.4 is 5.32 Å². The third kappa shape index (κ3) is 5.86. The molecule has 1 aliphatic carbocycles. The standard InChI is InChI=1S/C14H30N2/c1-12(2)16(11-14-8-9-14)10-6-5-7-13(3)15-4/h12-15H,5-11H2,1-4H3. The van der Waals surface area contributed by atoms with Crippen LogP contribution in [-0.2, 0) is 0 Å². The summed E-state index contributed by atoms with van der Waals surface area (Å²) in [5.74, 6) is 1.03. The van der Waals surface area contributed by atoms with Crippen LogP contribution in [0.4, 0.5) is 0 Å². The minimum Gasteiger partial charge on any atom is -0.317 e. The molecule has 96 valence electrons. The largest absolute Gasteiger partial charge is 0.317 e. The summed E-state index contributed by atoms with van der Waals surface area (Å²) in [6, 6.07) is 1.40. The van der Waals surface area contributed by atoms with Crippen LogP contribution >= 0.6 is 0 Å². The number of nitrogens with zero attached hydrogens (tertiary/aromatic N) is 1. The van der Waals surface area contributed by atoms with Gasteiger partial charge in [0.05, 0.1) is 0 Å². The molecule has 1 fully saturated rings. The topological polar surface area (TPSA) is 15.3 Å². The highest BCUT2D eigenvalue weighted by Gasteiger charge is 2.24. The van der Waals surface area contributed by atoms with Gasteiger partial charge >= 0.3 is 0 Å². The molecule has 0 spiro atoms. The van der Waals surface area contributed by atoms with Crippen LogP contribution in [0.5, 0.6) is 0 Å². The number of nitrogens with one attached hydrogen (secondary N) is 1. The molecule has 0 heterocycles. The van der Waals surface area contributed by atoms with Crippen molar-refractivity contribution in [3.05, 3.63) is 0 Å². The van der Waals surface area contributed by atoms with Crippen LogP contribution in [0, 0.1) is 5.92 Å². The van der Waals surface area contributed by atoms with E-state index in [1.807, 2.05) is 0 Å². The van der Waals surface area contributed by atoms with Crippen molar-refractivity contribution < 1.29 is 0 Å². The van der Waals surface area contributed by atoms with Crippen LogP contribution in [0.25, 0.3) is 0 Å². The second-order valence-electron chi connectivity index (χ2n) is 5.72. The summed E-state index contributed by atoms with van der Waals surface area (Å²) in [7, 11) is 2.05. The van der Waals surface area contributed by atoms with Crippen LogP contribution in [0.3, 0.4) is 0 Å². The molecule has 1 N–H and O–H groups in total. The Morgan fingerprint density at radius 1 is 1.19 bits per heavy atom. The van der Waals surface area contributed by atoms with Crippen LogP contribution in [0.15, 0.2) is 0 Å². The first-order valence-electron chi connectivity index (χ1n) is 7.04. The van der Waals surface area contributed by atoms with Gasteiger partial charge in [0.1, 0.15) is 0 Å². The summed E-state index contributed by atoms with van der Waals surface area (Å²) in [4.78, 5) is 2.67. The third-order valence-electron chi connectivity index (χ3n) is 3.75. The van der Waals surface area contributed by atoms with Gasteiger partial charge < -0.3 is 10.2 Å². The van der Waals surface area contributed by atoms with Crippen molar-refractivity contribution >= 4 is 0 Å². The molecule has 0 aromatic heterocycles. The summed E-state index contributed by atoms with van der Waals surface area (Å²) < 4.78 is 0. The normalized spacial score (nSPS) is 18.4. The molecule has 2 nitrogen and oxygen atoms in total. The SMILES string of the molecule is CNC(C)CCCCN(CC1CC1)C(C)C. The predicted molar refractivity (Wildman–Crippen MR) is 71.8 cm³/mol. The first-order chi connectivity index (χ1) is 7.63. The molecule has 1 unspecified atom stereocenters. The highest BCUT2D eigenvalue weighted by atomic mass is 15.1. The average Bonchev–Trinajstić information content (AvgIpc) is 3.05. The van der Waals surface area contributed by atoms with E-state index in [4.69, 9.17) is 0 Å². The molecular formula is C14H30N2. The van der Waals surface area contributed by atoms with Crippen LogP contribution in [-0.4, -0.2) is 37.1 Å². The van der Waals surface area contributed by atoms with Gasteiger partial charge in [-0.05, 0) is 66.0 Å². The molecule has 0 amide bonds. The zero-order chi connectivity index (χ0) is 12.0. The summed E-state index contributed by atoms with van der Waals surface area (Å²) in [5.41, 5.74) is 0. The van der Waals surface area contributed by atoms with Crippen molar-refractivity contribution in [2.24, 2.45) is 5.92 Å². The van der Waals surface area contributed by atoms with E-state index >= 15 is 0 Å². The van der Waals surface area contributed by atoms with E-state index in [0.717, 1.165) is 12.0 Å². The van der Waals surface area contributed by atoms with Crippen molar-refractivity contribution in [2.45, 2.75) is 65.0 Å². The third-order valence-corrected chi connectivity index (χ3v) is 3.75. The molecule has 0 bridgehead atoms. The molecule has 0 radical (unpaired) electrons. The fraction of sp³-hybridized carbons (Fsp3) is 1.00. The zero-order valence-electron chi connectivity index (χ0n) is 11.6. The Morgan fingerprint density at radius 3 is 2.38 bits per heavy atom. The van der Waals surface area contributed by atoms with Gasteiger partial charge in [0.25, 0.3) is 0 Å². The maximum atomic E-state index is 3.30. The minimum atomic E-state index is 0.677. The molecule has 0 saturated heterocycles. The number of rotatable bonds is 9. The van der Waals surface area contributed by atoms with Crippen molar-refractivity contribution in [2.75, 3.05) is 20.1 Å². The Labute approximate surface area is 102 Å². The zero-order valence-corrected chi connectivity index (χ0v) is 11.6. The fourth-order valence-electron chi connectivity index (χ4n) is 2.10. The summed E-state index contributed by atoms with van der Waals surface area (Å²) in [6.07, 6.45) is 6.97. The van der Waals surface area contributed by atoms with Gasteiger partial charge in [-0.25, -0.2) is 0 Å². The van der Waals surface area contributed by atoms with E-state index in [0.29, 0.717) is 6.04 Å². The molecule has 2 heteroatoms. The van der Waals surface area contributed by atoms with E-state index in [9.17, 15) is 0 Å². The molecule has 0 aromatic rings. The van der Waals surface area contributed by atoms with Crippen molar-refractivity contribution in [1.82, 2.24) is 10.2 Å². The lowest BCUT2D eigenvalue weighted by Gasteiger charge is -2.26. The van der Waals surface area contributed by atoms with Gasteiger partial charge in [-0.1, -0.05) is 6.42 Å². The van der Waals surface area contributed by atoms with Crippen molar-refractivity contribution in [3.63, 3.8) is 0 Å². The lowest BCUT2D eigenvalue weighted by Crippen LogP contribution is -2.33. The Morgan fingerprint density at radius 2 is 1.88 bits per heavy atom.